The van der Waals surface area contributed by atoms with E-state index >= 15 is 0 Å². The second kappa shape index (κ2) is 7.45. The van der Waals surface area contributed by atoms with Crippen LogP contribution in [0.3, 0.4) is 0 Å². The molecule has 1 amide bonds. The van der Waals surface area contributed by atoms with E-state index in [1.807, 2.05) is 43.9 Å². The number of carbonyl (C=O) groups excluding carboxylic acids is 2. The highest BCUT2D eigenvalue weighted by Crippen LogP contribution is 2.18. The second-order valence-corrected chi connectivity index (χ2v) is 7.51. The summed E-state index contributed by atoms with van der Waals surface area (Å²) in [4.78, 5) is 28.5. The fraction of sp³-hybridized carbons (Fsp3) is 0.556. The fourth-order valence-electron chi connectivity index (χ4n) is 2.51. The molecule has 0 unspecified atom stereocenters. The number of carbonyl (C=O) groups is 2. The van der Waals surface area contributed by atoms with E-state index in [0.29, 0.717) is 31.1 Å². The van der Waals surface area contributed by atoms with Crippen LogP contribution in [0.1, 0.15) is 26.3 Å². The Morgan fingerprint density at radius 1 is 1.09 bits per heavy atom. The number of nitrogens with zero attached hydrogens (tertiary/aromatic N) is 2. The first-order chi connectivity index (χ1) is 10.8. The van der Waals surface area contributed by atoms with Crippen molar-refractivity contribution in [2.24, 2.45) is 5.41 Å². The number of benzene rings is 1. The molecular weight excluding hydrogens is 312 g/mol. The molecule has 1 aliphatic rings. The molecule has 23 heavy (non-hydrogen) atoms. The van der Waals surface area contributed by atoms with Crippen molar-refractivity contribution in [3.63, 3.8) is 0 Å². The number of hydrogen-bond acceptors (Lipinski definition) is 3. The minimum absolute atomic E-state index is 0.0971. The smallest absolute Gasteiger partial charge is 0.227 e. The molecule has 0 bridgehead atoms. The summed E-state index contributed by atoms with van der Waals surface area (Å²) in [6.07, 6.45) is 0.334. The van der Waals surface area contributed by atoms with Gasteiger partial charge in [-0.1, -0.05) is 50.6 Å². The van der Waals surface area contributed by atoms with Crippen molar-refractivity contribution in [3.8, 4) is 0 Å². The molecule has 0 aromatic heterocycles. The van der Waals surface area contributed by atoms with Crippen LogP contribution in [-0.4, -0.2) is 54.2 Å². The van der Waals surface area contributed by atoms with Gasteiger partial charge in [-0.2, -0.15) is 0 Å². The van der Waals surface area contributed by atoms with Gasteiger partial charge in [-0.05, 0) is 11.6 Å². The van der Waals surface area contributed by atoms with Crippen LogP contribution in [0.4, 0.5) is 0 Å². The van der Waals surface area contributed by atoms with Gasteiger partial charge in [-0.15, -0.1) is 0 Å². The SMILES string of the molecule is CC(C)(C)C(=O)CN1CCN(C(=O)Cc2ccccc2Cl)CC1. The van der Waals surface area contributed by atoms with Gasteiger partial charge in [0.05, 0.1) is 13.0 Å². The lowest BCUT2D eigenvalue weighted by Gasteiger charge is -2.35. The topological polar surface area (TPSA) is 40.6 Å². The maximum Gasteiger partial charge on any atom is 0.227 e. The molecule has 1 aromatic rings. The lowest BCUT2D eigenvalue weighted by molar-refractivity contribution is -0.133. The maximum atomic E-state index is 12.4. The van der Waals surface area contributed by atoms with Crippen LogP contribution < -0.4 is 0 Å². The lowest BCUT2D eigenvalue weighted by atomic mass is 9.90. The Bertz CT molecular complexity index is 573. The summed E-state index contributed by atoms with van der Waals surface area (Å²) in [5.74, 6) is 0.341. The van der Waals surface area contributed by atoms with Crippen LogP contribution in [0, 0.1) is 5.41 Å². The van der Waals surface area contributed by atoms with Crippen LogP contribution in [0.5, 0.6) is 0 Å². The molecule has 0 spiro atoms. The van der Waals surface area contributed by atoms with Crippen LogP contribution in [0.25, 0.3) is 0 Å². The molecule has 0 aliphatic carbocycles. The first-order valence-corrected chi connectivity index (χ1v) is 8.42. The molecule has 0 radical (unpaired) electrons. The summed E-state index contributed by atoms with van der Waals surface area (Å²) in [5.41, 5.74) is 0.557. The number of rotatable bonds is 4. The molecule has 1 saturated heterocycles. The van der Waals surface area contributed by atoms with Gasteiger partial charge >= 0.3 is 0 Å². The number of hydrogen-bond donors (Lipinski definition) is 0. The number of piperazine rings is 1. The Morgan fingerprint density at radius 2 is 1.70 bits per heavy atom. The third-order valence-electron chi connectivity index (χ3n) is 4.23. The monoisotopic (exact) mass is 336 g/mol. The Hall–Kier alpha value is -1.39. The van der Waals surface area contributed by atoms with Crippen molar-refractivity contribution in [1.82, 2.24) is 9.80 Å². The summed E-state index contributed by atoms with van der Waals surface area (Å²) < 4.78 is 0. The van der Waals surface area contributed by atoms with E-state index < -0.39 is 0 Å². The van der Waals surface area contributed by atoms with E-state index in [1.54, 1.807) is 6.07 Å². The number of amides is 1. The molecule has 0 atom stereocenters. The predicted molar refractivity (Wildman–Crippen MR) is 92.6 cm³/mol. The van der Waals surface area contributed by atoms with Gasteiger partial charge < -0.3 is 4.90 Å². The molecule has 1 aromatic carbocycles. The van der Waals surface area contributed by atoms with E-state index in [0.717, 1.165) is 18.7 Å². The lowest BCUT2D eigenvalue weighted by Crippen LogP contribution is -2.51. The molecular formula is C18H25ClN2O2. The zero-order chi connectivity index (χ0) is 17.0. The molecule has 1 fully saturated rings. The third kappa shape index (κ3) is 5.05. The minimum Gasteiger partial charge on any atom is -0.340 e. The molecule has 0 N–H and O–H groups in total. The molecule has 126 valence electrons. The Kier molecular flexibility index (Phi) is 5.82. The van der Waals surface area contributed by atoms with Crippen molar-refractivity contribution in [1.29, 1.82) is 0 Å². The molecule has 2 rings (SSSR count). The summed E-state index contributed by atoms with van der Waals surface area (Å²) >= 11 is 6.11. The first kappa shape index (κ1) is 18.0. The first-order valence-electron chi connectivity index (χ1n) is 8.04. The predicted octanol–water partition coefficient (Wildman–Crippen LogP) is 2.64. The minimum atomic E-state index is -0.309. The van der Waals surface area contributed by atoms with Gasteiger partial charge in [0.1, 0.15) is 0 Å². The van der Waals surface area contributed by atoms with Crippen molar-refractivity contribution in [2.45, 2.75) is 27.2 Å². The molecule has 0 saturated carbocycles. The zero-order valence-electron chi connectivity index (χ0n) is 14.1. The van der Waals surface area contributed by atoms with Crippen LogP contribution in [0.2, 0.25) is 5.02 Å². The quantitative estimate of drug-likeness (QED) is 0.848. The number of Topliss-reactive ketones (excluding diaryl/α,β-unsaturated/α-hetero) is 1. The van der Waals surface area contributed by atoms with E-state index in [9.17, 15) is 9.59 Å². The van der Waals surface area contributed by atoms with Crippen LogP contribution in [0.15, 0.2) is 24.3 Å². The average Bonchev–Trinajstić information content (AvgIpc) is 2.49. The van der Waals surface area contributed by atoms with Gasteiger partial charge in [0, 0.05) is 36.6 Å². The van der Waals surface area contributed by atoms with Gasteiger partial charge in [0.2, 0.25) is 5.91 Å². The highest BCUT2D eigenvalue weighted by molar-refractivity contribution is 6.31. The summed E-state index contributed by atoms with van der Waals surface area (Å²) in [5, 5.41) is 0.634. The Morgan fingerprint density at radius 3 is 2.26 bits per heavy atom. The maximum absolute atomic E-state index is 12.4. The fourth-order valence-corrected chi connectivity index (χ4v) is 2.71. The van der Waals surface area contributed by atoms with Gasteiger partial charge in [0.25, 0.3) is 0 Å². The Balaban J connectivity index is 1.83. The van der Waals surface area contributed by atoms with Crippen molar-refractivity contribution >= 4 is 23.3 Å². The van der Waals surface area contributed by atoms with E-state index in [4.69, 9.17) is 11.6 Å². The van der Waals surface area contributed by atoms with Crippen LogP contribution >= 0.6 is 11.6 Å². The van der Waals surface area contributed by atoms with E-state index in [-0.39, 0.29) is 17.1 Å². The summed E-state index contributed by atoms with van der Waals surface area (Å²) in [7, 11) is 0. The van der Waals surface area contributed by atoms with Gasteiger partial charge in [0.15, 0.2) is 5.78 Å². The summed E-state index contributed by atoms with van der Waals surface area (Å²) in [6, 6.07) is 7.45. The van der Waals surface area contributed by atoms with Crippen molar-refractivity contribution in [3.05, 3.63) is 34.9 Å². The highest BCUT2D eigenvalue weighted by Gasteiger charge is 2.27. The summed E-state index contributed by atoms with van der Waals surface area (Å²) in [6.45, 7) is 9.12. The molecule has 4 nitrogen and oxygen atoms in total. The average molecular weight is 337 g/mol. The molecule has 1 heterocycles. The standard InChI is InChI=1S/C18H25ClN2O2/c1-18(2,3)16(22)13-20-8-10-21(11-9-20)17(23)12-14-6-4-5-7-15(14)19/h4-7H,8-13H2,1-3H3. The number of halogens is 1. The normalized spacial score (nSPS) is 16.4. The Labute approximate surface area is 143 Å². The van der Waals surface area contributed by atoms with Gasteiger partial charge in [-0.3, -0.25) is 14.5 Å². The molecule has 5 heteroatoms. The van der Waals surface area contributed by atoms with E-state index in [1.165, 1.54) is 0 Å². The highest BCUT2D eigenvalue weighted by atomic mass is 35.5. The second-order valence-electron chi connectivity index (χ2n) is 7.10. The van der Waals surface area contributed by atoms with Crippen molar-refractivity contribution in [2.75, 3.05) is 32.7 Å². The number of ketones is 1. The molecule has 1 aliphatic heterocycles. The van der Waals surface area contributed by atoms with Crippen molar-refractivity contribution < 1.29 is 9.59 Å². The van der Waals surface area contributed by atoms with Gasteiger partial charge in [-0.25, -0.2) is 0 Å². The third-order valence-corrected chi connectivity index (χ3v) is 4.60. The van der Waals surface area contributed by atoms with Crippen LogP contribution in [-0.2, 0) is 16.0 Å². The zero-order valence-corrected chi connectivity index (χ0v) is 14.9. The largest absolute Gasteiger partial charge is 0.340 e. The van der Waals surface area contributed by atoms with E-state index in [2.05, 4.69) is 4.90 Å².